The maximum absolute atomic E-state index is 11.7. The van der Waals surface area contributed by atoms with Crippen LogP contribution in [0.2, 0.25) is 0 Å². The van der Waals surface area contributed by atoms with Gasteiger partial charge >= 0.3 is 5.97 Å². The summed E-state index contributed by atoms with van der Waals surface area (Å²) in [5.41, 5.74) is 11.7. The van der Waals surface area contributed by atoms with Gasteiger partial charge in [-0.3, -0.25) is 4.79 Å². The number of hydrogen-bond donors (Lipinski definition) is 2. The number of methoxy groups -OCH3 is 1. The van der Waals surface area contributed by atoms with Crippen LogP contribution >= 0.6 is 11.3 Å². The number of ether oxygens (including phenoxy) is 1. The van der Waals surface area contributed by atoms with Gasteiger partial charge in [0.2, 0.25) is 0 Å². The third-order valence-electron chi connectivity index (χ3n) is 3.44. The molecule has 0 aliphatic carbocycles. The Morgan fingerprint density at radius 3 is 2.30 bits per heavy atom. The molecule has 1 fully saturated rings. The number of primary amides is 1. The van der Waals surface area contributed by atoms with E-state index >= 15 is 0 Å². The van der Waals surface area contributed by atoms with Gasteiger partial charge in [-0.15, -0.1) is 11.3 Å². The van der Waals surface area contributed by atoms with Crippen molar-refractivity contribution in [3.63, 3.8) is 0 Å². The quantitative estimate of drug-likeness (QED) is 0.826. The molecule has 4 N–H and O–H groups in total. The highest BCUT2D eigenvalue weighted by Gasteiger charge is 2.27. The van der Waals surface area contributed by atoms with Crippen molar-refractivity contribution in [3.05, 3.63) is 10.4 Å². The standard InChI is InChI=1S/C13H19N3O3S/c1-19-13(18)10-9(14)8(11(15)17)12(20-10)16-6-4-2-3-5-7-16/h2-7,14H2,1H3,(H2,15,17). The number of rotatable bonds is 3. The fraction of sp³-hybridized carbons (Fsp3) is 0.538. The third kappa shape index (κ3) is 2.72. The molecule has 6 nitrogen and oxygen atoms in total. The van der Waals surface area contributed by atoms with Gasteiger partial charge in [0.25, 0.3) is 5.91 Å². The largest absolute Gasteiger partial charge is 0.465 e. The normalized spacial score (nSPS) is 15.8. The summed E-state index contributed by atoms with van der Waals surface area (Å²) in [4.78, 5) is 25.7. The van der Waals surface area contributed by atoms with Crippen LogP contribution in [0.4, 0.5) is 10.7 Å². The topological polar surface area (TPSA) is 98.6 Å². The number of nitrogens with two attached hydrogens (primary N) is 2. The molecule has 20 heavy (non-hydrogen) atoms. The maximum Gasteiger partial charge on any atom is 0.350 e. The van der Waals surface area contributed by atoms with Crippen LogP contribution in [0.15, 0.2) is 0 Å². The molecule has 0 aromatic carbocycles. The molecule has 0 bridgehead atoms. The molecule has 1 saturated heterocycles. The smallest absolute Gasteiger partial charge is 0.350 e. The minimum atomic E-state index is -0.604. The highest BCUT2D eigenvalue weighted by molar-refractivity contribution is 7.19. The van der Waals surface area contributed by atoms with Gasteiger partial charge < -0.3 is 21.1 Å². The number of carbonyl (C=O) groups is 2. The summed E-state index contributed by atoms with van der Waals surface area (Å²) in [6.45, 7) is 1.70. The van der Waals surface area contributed by atoms with Gasteiger partial charge in [-0.05, 0) is 12.8 Å². The van der Waals surface area contributed by atoms with Gasteiger partial charge in [-0.2, -0.15) is 0 Å². The van der Waals surface area contributed by atoms with Crippen molar-refractivity contribution < 1.29 is 14.3 Å². The lowest BCUT2D eigenvalue weighted by atomic mass is 10.2. The zero-order valence-electron chi connectivity index (χ0n) is 11.5. The molecule has 2 rings (SSSR count). The maximum atomic E-state index is 11.7. The van der Waals surface area contributed by atoms with Gasteiger partial charge in [-0.1, -0.05) is 12.8 Å². The molecule has 1 aliphatic heterocycles. The lowest BCUT2D eigenvalue weighted by Gasteiger charge is -2.21. The summed E-state index contributed by atoms with van der Waals surface area (Å²) in [7, 11) is 1.29. The molecule has 1 amide bonds. The van der Waals surface area contributed by atoms with Crippen molar-refractivity contribution >= 4 is 33.9 Å². The number of nitrogen functional groups attached to an aromatic ring is 1. The molecule has 1 aliphatic rings. The number of esters is 1. The van der Waals surface area contributed by atoms with E-state index < -0.39 is 11.9 Å². The van der Waals surface area contributed by atoms with E-state index in [1.165, 1.54) is 31.3 Å². The molecule has 1 aromatic heterocycles. The Bertz CT molecular complexity index is 519. The summed E-state index contributed by atoms with van der Waals surface area (Å²) < 4.78 is 4.70. The molecule has 110 valence electrons. The first-order valence-corrected chi connectivity index (χ1v) is 7.43. The first-order chi connectivity index (χ1) is 9.56. The minimum absolute atomic E-state index is 0.133. The monoisotopic (exact) mass is 297 g/mol. The zero-order chi connectivity index (χ0) is 14.7. The van der Waals surface area contributed by atoms with E-state index in [-0.39, 0.29) is 16.1 Å². The number of amides is 1. The lowest BCUT2D eigenvalue weighted by Crippen LogP contribution is -2.26. The second kappa shape index (κ2) is 6.13. The molecule has 7 heteroatoms. The van der Waals surface area contributed by atoms with Gasteiger partial charge in [0, 0.05) is 13.1 Å². The number of hydrogen-bond acceptors (Lipinski definition) is 6. The molecule has 1 aromatic rings. The van der Waals surface area contributed by atoms with Crippen molar-refractivity contribution in [1.82, 2.24) is 0 Å². The van der Waals surface area contributed by atoms with E-state index in [0.717, 1.165) is 25.9 Å². The fourth-order valence-electron chi connectivity index (χ4n) is 2.41. The average Bonchev–Trinajstić information content (AvgIpc) is 2.62. The predicted molar refractivity (Wildman–Crippen MR) is 79.3 cm³/mol. The number of anilines is 2. The molecule has 0 spiro atoms. The zero-order valence-corrected chi connectivity index (χ0v) is 12.3. The Morgan fingerprint density at radius 2 is 1.80 bits per heavy atom. The molecular formula is C13H19N3O3S. The van der Waals surface area contributed by atoms with Crippen LogP contribution in [-0.2, 0) is 4.74 Å². The van der Waals surface area contributed by atoms with E-state index in [1.54, 1.807) is 0 Å². The van der Waals surface area contributed by atoms with Crippen molar-refractivity contribution in [3.8, 4) is 0 Å². The third-order valence-corrected chi connectivity index (χ3v) is 4.68. The van der Waals surface area contributed by atoms with Gasteiger partial charge in [0.1, 0.15) is 9.88 Å². The molecule has 2 heterocycles. The first-order valence-electron chi connectivity index (χ1n) is 6.61. The Labute approximate surface area is 121 Å². The van der Waals surface area contributed by atoms with Crippen LogP contribution in [0.3, 0.4) is 0 Å². The van der Waals surface area contributed by atoms with E-state index in [9.17, 15) is 9.59 Å². The Morgan fingerprint density at radius 1 is 1.20 bits per heavy atom. The van der Waals surface area contributed by atoms with Crippen LogP contribution in [0.1, 0.15) is 45.7 Å². The summed E-state index contributed by atoms with van der Waals surface area (Å²) in [5, 5.41) is 0.692. The Balaban J connectivity index is 2.44. The summed E-state index contributed by atoms with van der Waals surface area (Å²) in [5.74, 6) is -1.13. The number of nitrogens with zero attached hydrogens (tertiary/aromatic N) is 1. The van der Waals surface area contributed by atoms with Crippen LogP contribution in [0.25, 0.3) is 0 Å². The van der Waals surface area contributed by atoms with Gasteiger partial charge in [0.05, 0.1) is 18.4 Å². The molecule has 0 unspecified atom stereocenters. The van der Waals surface area contributed by atoms with E-state index in [4.69, 9.17) is 16.2 Å². The van der Waals surface area contributed by atoms with Crippen molar-refractivity contribution in [1.29, 1.82) is 0 Å². The molecule has 0 radical (unpaired) electrons. The van der Waals surface area contributed by atoms with Gasteiger partial charge in [-0.25, -0.2) is 4.79 Å². The number of thiophene rings is 1. The van der Waals surface area contributed by atoms with Crippen LogP contribution in [0.5, 0.6) is 0 Å². The van der Waals surface area contributed by atoms with Crippen molar-refractivity contribution in [2.75, 3.05) is 30.8 Å². The highest BCUT2D eigenvalue weighted by atomic mass is 32.1. The fourth-order valence-corrected chi connectivity index (χ4v) is 3.61. The lowest BCUT2D eigenvalue weighted by molar-refractivity contribution is 0.0607. The number of carbonyl (C=O) groups excluding carboxylic acids is 2. The molecule has 0 saturated carbocycles. The van der Waals surface area contributed by atoms with Crippen LogP contribution in [0, 0.1) is 0 Å². The van der Waals surface area contributed by atoms with Crippen LogP contribution in [-0.4, -0.2) is 32.1 Å². The average molecular weight is 297 g/mol. The molecular weight excluding hydrogens is 278 g/mol. The van der Waals surface area contributed by atoms with E-state index in [1.807, 2.05) is 0 Å². The SMILES string of the molecule is COC(=O)c1sc(N2CCCCCC2)c(C(N)=O)c1N. The Hall–Kier alpha value is -1.76. The predicted octanol–water partition coefficient (Wildman–Crippen LogP) is 1.60. The second-order valence-corrected chi connectivity index (χ2v) is 5.78. The van der Waals surface area contributed by atoms with E-state index in [2.05, 4.69) is 4.90 Å². The van der Waals surface area contributed by atoms with E-state index in [0.29, 0.717) is 5.00 Å². The summed E-state index contributed by atoms with van der Waals surface area (Å²) >= 11 is 1.19. The molecule has 0 atom stereocenters. The highest BCUT2D eigenvalue weighted by Crippen LogP contribution is 2.39. The van der Waals surface area contributed by atoms with Crippen LogP contribution < -0.4 is 16.4 Å². The summed E-state index contributed by atoms with van der Waals surface area (Å²) in [6.07, 6.45) is 4.47. The minimum Gasteiger partial charge on any atom is -0.465 e. The van der Waals surface area contributed by atoms with Crippen molar-refractivity contribution in [2.45, 2.75) is 25.7 Å². The second-order valence-electron chi connectivity index (χ2n) is 4.78. The van der Waals surface area contributed by atoms with Gasteiger partial charge in [0.15, 0.2) is 0 Å². The van der Waals surface area contributed by atoms with Crippen molar-refractivity contribution in [2.24, 2.45) is 5.73 Å². The Kier molecular flexibility index (Phi) is 4.49. The summed E-state index contributed by atoms with van der Waals surface area (Å²) in [6, 6.07) is 0. The first kappa shape index (κ1) is 14.6.